The lowest BCUT2D eigenvalue weighted by Crippen LogP contribution is -2.54. The zero-order valence-electron chi connectivity index (χ0n) is 12.0. The molecular formula is C16H27NO2. The minimum Gasteiger partial charge on any atom is -0.375 e. The first-order valence-electron chi connectivity index (χ1n) is 8.23. The van der Waals surface area contributed by atoms with Crippen molar-refractivity contribution in [2.45, 2.75) is 69.9 Å². The molecule has 0 amide bonds. The Hall–Kier alpha value is -0.410. The lowest BCUT2D eigenvalue weighted by molar-refractivity contribution is -0.131. The van der Waals surface area contributed by atoms with Crippen molar-refractivity contribution in [1.29, 1.82) is 0 Å². The van der Waals surface area contributed by atoms with Gasteiger partial charge in [0.15, 0.2) is 0 Å². The third-order valence-electron chi connectivity index (χ3n) is 5.27. The minimum absolute atomic E-state index is 0.360. The summed E-state index contributed by atoms with van der Waals surface area (Å²) in [6.07, 6.45) is 11.5. The highest BCUT2D eigenvalue weighted by Gasteiger charge is 2.35. The van der Waals surface area contributed by atoms with Crippen molar-refractivity contribution in [1.82, 2.24) is 4.90 Å². The quantitative estimate of drug-likeness (QED) is 0.786. The summed E-state index contributed by atoms with van der Waals surface area (Å²) in [6.45, 7) is 2.47. The van der Waals surface area contributed by atoms with E-state index in [1.807, 2.05) is 0 Å². The molecule has 3 rings (SSSR count). The third-order valence-corrected chi connectivity index (χ3v) is 5.27. The number of ether oxygens (including phenoxy) is 1. The summed E-state index contributed by atoms with van der Waals surface area (Å²) >= 11 is 0. The number of carbonyl (C=O) groups excluding carboxylic acids is 1. The second kappa shape index (κ2) is 6.36. The fraction of sp³-hybridized carbons (Fsp3) is 0.938. The minimum atomic E-state index is 0.360. The van der Waals surface area contributed by atoms with E-state index in [4.69, 9.17) is 4.74 Å². The van der Waals surface area contributed by atoms with Crippen LogP contribution in [0.4, 0.5) is 0 Å². The molecule has 1 aliphatic heterocycles. The molecule has 2 aliphatic carbocycles. The summed E-state index contributed by atoms with van der Waals surface area (Å²) in [6, 6.07) is 0.523. The van der Waals surface area contributed by atoms with E-state index in [0.29, 0.717) is 30.4 Å². The Balaban J connectivity index is 1.56. The van der Waals surface area contributed by atoms with Gasteiger partial charge in [0.05, 0.1) is 19.3 Å². The molecule has 0 aromatic carbocycles. The van der Waals surface area contributed by atoms with Crippen molar-refractivity contribution in [2.75, 3.05) is 19.7 Å². The molecule has 19 heavy (non-hydrogen) atoms. The van der Waals surface area contributed by atoms with Crippen molar-refractivity contribution in [3.63, 3.8) is 0 Å². The summed E-state index contributed by atoms with van der Waals surface area (Å²) in [5, 5.41) is 0. The van der Waals surface area contributed by atoms with Crippen LogP contribution in [0.1, 0.15) is 57.8 Å². The molecule has 0 radical (unpaired) electrons. The van der Waals surface area contributed by atoms with E-state index < -0.39 is 0 Å². The van der Waals surface area contributed by atoms with Crippen molar-refractivity contribution < 1.29 is 9.53 Å². The zero-order chi connectivity index (χ0) is 13.1. The Morgan fingerprint density at radius 2 is 1.74 bits per heavy atom. The van der Waals surface area contributed by atoms with E-state index >= 15 is 0 Å². The summed E-state index contributed by atoms with van der Waals surface area (Å²) in [5.74, 6) is 0.865. The molecule has 0 N–H and O–H groups in total. The van der Waals surface area contributed by atoms with Crippen molar-refractivity contribution >= 4 is 5.78 Å². The monoisotopic (exact) mass is 265 g/mol. The van der Waals surface area contributed by atoms with Crippen LogP contribution in [-0.2, 0) is 9.53 Å². The first-order valence-corrected chi connectivity index (χ1v) is 8.23. The van der Waals surface area contributed by atoms with Crippen LogP contribution in [0.2, 0.25) is 0 Å². The van der Waals surface area contributed by atoms with Crippen LogP contribution in [0.25, 0.3) is 0 Å². The van der Waals surface area contributed by atoms with Gasteiger partial charge in [0, 0.05) is 18.5 Å². The van der Waals surface area contributed by atoms with Crippen LogP contribution in [-0.4, -0.2) is 42.5 Å². The largest absolute Gasteiger partial charge is 0.375 e. The highest BCUT2D eigenvalue weighted by molar-refractivity contribution is 5.83. The lowest BCUT2D eigenvalue weighted by atomic mass is 9.85. The molecule has 3 aliphatic rings. The van der Waals surface area contributed by atoms with E-state index in [0.717, 1.165) is 26.0 Å². The number of carbonyl (C=O) groups is 1. The average Bonchev–Trinajstić information content (AvgIpc) is 2.48. The van der Waals surface area contributed by atoms with Crippen LogP contribution < -0.4 is 0 Å². The van der Waals surface area contributed by atoms with E-state index in [-0.39, 0.29) is 0 Å². The van der Waals surface area contributed by atoms with Gasteiger partial charge < -0.3 is 4.74 Å². The van der Waals surface area contributed by atoms with Crippen molar-refractivity contribution in [3.8, 4) is 0 Å². The Kier molecular flexibility index (Phi) is 4.54. The summed E-state index contributed by atoms with van der Waals surface area (Å²) in [4.78, 5) is 14.9. The maximum atomic E-state index is 12.5. The van der Waals surface area contributed by atoms with Gasteiger partial charge in [-0.3, -0.25) is 9.69 Å². The number of ketones is 1. The Bertz CT molecular complexity index is 310. The molecule has 0 bridgehead atoms. The number of hydrogen-bond donors (Lipinski definition) is 0. The lowest BCUT2D eigenvalue weighted by Gasteiger charge is -2.44. The van der Waals surface area contributed by atoms with Gasteiger partial charge in [0.2, 0.25) is 0 Å². The van der Waals surface area contributed by atoms with E-state index in [1.54, 1.807) is 0 Å². The summed E-state index contributed by atoms with van der Waals surface area (Å²) in [7, 11) is 0. The Morgan fingerprint density at radius 1 is 1.00 bits per heavy atom. The third kappa shape index (κ3) is 3.19. The van der Waals surface area contributed by atoms with Gasteiger partial charge in [0.1, 0.15) is 5.78 Å². The fourth-order valence-corrected chi connectivity index (χ4v) is 4.13. The van der Waals surface area contributed by atoms with Gasteiger partial charge in [-0.1, -0.05) is 32.1 Å². The van der Waals surface area contributed by atoms with Gasteiger partial charge in [0.25, 0.3) is 0 Å². The number of hydrogen-bond acceptors (Lipinski definition) is 3. The molecule has 2 atom stereocenters. The molecule has 1 heterocycles. The standard InChI is InChI=1S/C16H27NO2/c18-15(13-6-2-1-3-7-13)12-17-10-11-19-16-9-5-4-8-14(16)17/h13-14,16H,1-12H2. The maximum absolute atomic E-state index is 12.5. The smallest absolute Gasteiger partial charge is 0.149 e. The highest BCUT2D eigenvalue weighted by Crippen LogP contribution is 2.30. The van der Waals surface area contributed by atoms with Gasteiger partial charge in [-0.15, -0.1) is 0 Å². The van der Waals surface area contributed by atoms with Crippen LogP contribution in [0.3, 0.4) is 0 Å². The summed E-state index contributed by atoms with van der Waals surface area (Å²) in [5.41, 5.74) is 0. The SMILES string of the molecule is O=C(CN1CCOC2CCCCC21)C1CCCCC1. The zero-order valence-corrected chi connectivity index (χ0v) is 12.0. The van der Waals surface area contributed by atoms with Gasteiger partial charge in [-0.25, -0.2) is 0 Å². The molecule has 2 unspecified atom stereocenters. The van der Waals surface area contributed by atoms with Crippen molar-refractivity contribution in [2.24, 2.45) is 5.92 Å². The first kappa shape index (κ1) is 13.6. The molecule has 2 saturated carbocycles. The molecule has 0 spiro atoms. The second-order valence-corrected chi connectivity index (χ2v) is 6.53. The van der Waals surface area contributed by atoms with Crippen LogP contribution in [0.15, 0.2) is 0 Å². The Labute approximate surface area is 116 Å². The van der Waals surface area contributed by atoms with E-state index in [1.165, 1.54) is 44.9 Å². The molecule has 3 heteroatoms. The Morgan fingerprint density at radius 3 is 2.58 bits per heavy atom. The topological polar surface area (TPSA) is 29.5 Å². The van der Waals surface area contributed by atoms with Gasteiger partial charge >= 0.3 is 0 Å². The number of fused-ring (bicyclic) bond motifs is 1. The molecule has 0 aromatic rings. The molecule has 3 nitrogen and oxygen atoms in total. The van der Waals surface area contributed by atoms with Crippen LogP contribution in [0.5, 0.6) is 0 Å². The van der Waals surface area contributed by atoms with Crippen LogP contribution in [0, 0.1) is 5.92 Å². The number of nitrogens with zero attached hydrogens (tertiary/aromatic N) is 1. The maximum Gasteiger partial charge on any atom is 0.149 e. The number of morpholine rings is 1. The fourth-order valence-electron chi connectivity index (χ4n) is 4.13. The number of Topliss-reactive ketones (excluding diaryl/α,β-unsaturated/α-hetero) is 1. The average molecular weight is 265 g/mol. The molecule has 3 fully saturated rings. The molecule has 108 valence electrons. The predicted molar refractivity (Wildman–Crippen MR) is 75.2 cm³/mol. The van der Waals surface area contributed by atoms with Crippen LogP contribution >= 0.6 is 0 Å². The van der Waals surface area contributed by atoms with Crippen molar-refractivity contribution in [3.05, 3.63) is 0 Å². The molecule has 0 aromatic heterocycles. The van der Waals surface area contributed by atoms with E-state index in [2.05, 4.69) is 4.90 Å². The summed E-state index contributed by atoms with van der Waals surface area (Å²) < 4.78 is 5.89. The number of rotatable bonds is 3. The van der Waals surface area contributed by atoms with Gasteiger partial charge in [-0.05, 0) is 25.7 Å². The normalized spacial score (nSPS) is 33.9. The highest BCUT2D eigenvalue weighted by atomic mass is 16.5. The molecule has 1 saturated heterocycles. The first-order chi connectivity index (χ1) is 9.34. The van der Waals surface area contributed by atoms with Gasteiger partial charge in [-0.2, -0.15) is 0 Å². The van der Waals surface area contributed by atoms with E-state index in [9.17, 15) is 4.79 Å². The predicted octanol–water partition coefficient (Wildman–Crippen LogP) is 2.78. The second-order valence-electron chi connectivity index (χ2n) is 6.53. The molecular weight excluding hydrogens is 238 g/mol.